The third kappa shape index (κ3) is 7.28. The first-order chi connectivity index (χ1) is 14.6. The number of nitrogens with one attached hydrogen (secondary N) is 1. The number of halogens is 2. The number of benzene rings is 1. The maximum Gasteiger partial charge on any atom is 0.225 e. The number of carbonyl (C=O) groups excluding carboxylic acids is 1. The van der Waals surface area contributed by atoms with Gasteiger partial charge in [0, 0.05) is 51.3 Å². The summed E-state index contributed by atoms with van der Waals surface area (Å²) >= 11 is 0. The summed E-state index contributed by atoms with van der Waals surface area (Å²) in [6.07, 6.45) is 1.66. The van der Waals surface area contributed by atoms with Crippen LogP contribution in [0.3, 0.4) is 0 Å². The van der Waals surface area contributed by atoms with Crippen LogP contribution in [0.15, 0.2) is 23.2 Å². The predicted molar refractivity (Wildman–Crippen MR) is 129 cm³/mol. The SMILES string of the molecule is CCNC(=NCc1ccc(F)c(COC)c1)N1CCC(C(=O)N2CCOCC2)CC1.I. The quantitative estimate of drug-likeness (QED) is 0.337. The molecule has 1 aromatic rings. The molecule has 0 radical (unpaired) electrons. The summed E-state index contributed by atoms with van der Waals surface area (Å²) in [6, 6.07) is 5.03. The fraction of sp³-hybridized carbons (Fsp3) is 0.636. The van der Waals surface area contributed by atoms with Gasteiger partial charge < -0.3 is 24.6 Å². The summed E-state index contributed by atoms with van der Waals surface area (Å²) in [5.74, 6) is 0.920. The van der Waals surface area contributed by atoms with Gasteiger partial charge in [0.05, 0.1) is 26.4 Å². The Balaban J connectivity index is 0.00000341. The number of nitrogens with zero attached hydrogens (tertiary/aromatic N) is 3. The van der Waals surface area contributed by atoms with Crippen LogP contribution in [0.2, 0.25) is 0 Å². The number of likely N-dealkylation sites (tertiary alicyclic amines) is 1. The van der Waals surface area contributed by atoms with Crippen LogP contribution in [0.1, 0.15) is 30.9 Å². The molecule has 174 valence electrons. The Morgan fingerprint density at radius 3 is 2.58 bits per heavy atom. The minimum Gasteiger partial charge on any atom is -0.380 e. The maximum absolute atomic E-state index is 13.8. The van der Waals surface area contributed by atoms with Gasteiger partial charge in [-0.25, -0.2) is 9.38 Å². The summed E-state index contributed by atoms with van der Waals surface area (Å²) in [5, 5.41) is 3.35. The molecule has 9 heteroatoms. The van der Waals surface area contributed by atoms with Crippen LogP contribution >= 0.6 is 24.0 Å². The molecule has 0 unspecified atom stereocenters. The van der Waals surface area contributed by atoms with Gasteiger partial charge >= 0.3 is 0 Å². The van der Waals surface area contributed by atoms with E-state index >= 15 is 0 Å². The monoisotopic (exact) mass is 548 g/mol. The van der Waals surface area contributed by atoms with Crippen molar-refractivity contribution < 1.29 is 18.7 Å². The lowest BCUT2D eigenvalue weighted by Gasteiger charge is -2.36. The van der Waals surface area contributed by atoms with Gasteiger partial charge in [-0.05, 0) is 37.5 Å². The number of hydrogen-bond acceptors (Lipinski definition) is 4. The van der Waals surface area contributed by atoms with Crippen molar-refractivity contribution in [2.75, 3.05) is 53.0 Å². The molecule has 2 saturated heterocycles. The van der Waals surface area contributed by atoms with Gasteiger partial charge in [0.15, 0.2) is 5.96 Å². The van der Waals surface area contributed by atoms with Gasteiger partial charge in [0.1, 0.15) is 5.82 Å². The number of guanidine groups is 1. The predicted octanol–water partition coefficient (Wildman–Crippen LogP) is 2.63. The number of carbonyl (C=O) groups is 1. The molecule has 7 nitrogen and oxygen atoms in total. The molecule has 1 N–H and O–H groups in total. The highest BCUT2D eigenvalue weighted by Crippen LogP contribution is 2.21. The normalized spacial score (nSPS) is 18.0. The van der Waals surface area contributed by atoms with Crippen molar-refractivity contribution in [1.29, 1.82) is 0 Å². The second kappa shape index (κ2) is 13.2. The van der Waals surface area contributed by atoms with Gasteiger partial charge in [-0.15, -0.1) is 24.0 Å². The molecule has 2 fully saturated rings. The Bertz CT molecular complexity index is 735. The highest BCUT2D eigenvalue weighted by molar-refractivity contribution is 14.0. The van der Waals surface area contributed by atoms with Crippen LogP contribution < -0.4 is 5.32 Å². The van der Waals surface area contributed by atoms with E-state index in [-0.39, 0.29) is 48.2 Å². The van der Waals surface area contributed by atoms with Gasteiger partial charge in [-0.2, -0.15) is 0 Å². The zero-order valence-corrected chi connectivity index (χ0v) is 20.8. The first-order valence-corrected chi connectivity index (χ1v) is 10.8. The fourth-order valence-electron chi connectivity index (χ4n) is 3.96. The number of morpholine rings is 1. The Labute approximate surface area is 201 Å². The maximum atomic E-state index is 13.8. The third-order valence-electron chi connectivity index (χ3n) is 5.62. The minimum absolute atomic E-state index is 0. The largest absolute Gasteiger partial charge is 0.380 e. The summed E-state index contributed by atoms with van der Waals surface area (Å²) in [7, 11) is 1.56. The number of ether oxygens (including phenoxy) is 2. The molecule has 0 atom stereocenters. The van der Waals surface area contributed by atoms with E-state index < -0.39 is 0 Å². The Kier molecular flexibility index (Phi) is 11.0. The number of methoxy groups -OCH3 is 1. The van der Waals surface area contributed by atoms with E-state index in [1.165, 1.54) is 6.07 Å². The topological polar surface area (TPSA) is 66.4 Å². The molecule has 1 aromatic carbocycles. The van der Waals surface area contributed by atoms with Crippen molar-refractivity contribution in [2.24, 2.45) is 10.9 Å². The number of hydrogen-bond donors (Lipinski definition) is 1. The van der Waals surface area contributed by atoms with Gasteiger partial charge in [0.2, 0.25) is 5.91 Å². The highest BCUT2D eigenvalue weighted by atomic mass is 127. The number of amides is 1. The van der Waals surface area contributed by atoms with Crippen molar-refractivity contribution in [3.8, 4) is 0 Å². The van der Waals surface area contributed by atoms with E-state index in [4.69, 9.17) is 14.5 Å². The van der Waals surface area contributed by atoms with E-state index in [0.717, 1.165) is 44.0 Å². The van der Waals surface area contributed by atoms with Crippen LogP contribution in [-0.4, -0.2) is 74.7 Å². The zero-order valence-electron chi connectivity index (χ0n) is 18.4. The number of aliphatic imine (C=N–C) groups is 1. The Hall–Kier alpha value is -1.46. The summed E-state index contributed by atoms with van der Waals surface area (Å²) in [6.45, 7) is 7.78. The van der Waals surface area contributed by atoms with Crippen LogP contribution in [0.5, 0.6) is 0 Å². The smallest absolute Gasteiger partial charge is 0.225 e. The molecular formula is C22H34FIN4O3. The van der Waals surface area contributed by atoms with Gasteiger partial charge in [0.25, 0.3) is 0 Å². The van der Waals surface area contributed by atoms with Gasteiger partial charge in [-0.1, -0.05) is 6.07 Å². The first-order valence-electron chi connectivity index (χ1n) is 10.8. The molecule has 2 aliphatic rings. The Morgan fingerprint density at radius 1 is 1.23 bits per heavy atom. The van der Waals surface area contributed by atoms with Crippen LogP contribution in [0, 0.1) is 11.7 Å². The van der Waals surface area contributed by atoms with Crippen LogP contribution in [0.25, 0.3) is 0 Å². The lowest BCUT2D eigenvalue weighted by molar-refractivity contribution is -0.140. The average molecular weight is 548 g/mol. The van der Waals surface area contributed by atoms with E-state index in [0.29, 0.717) is 38.4 Å². The molecule has 1 amide bonds. The highest BCUT2D eigenvalue weighted by Gasteiger charge is 2.30. The average Bonchev–Trinajstić information content (AvgIpc) is 2.79. The number of piperidine rings is 1. The lowest BCUT2D eigenvalue weighted by atomic mass is 9.95. The van der Waals surface area contributed by atoms with Crippen molar-refractivity contribution in [1.82, 2.24) is 15.1 Å². The lowest BCUT2D eigenvalue weighted by Crippen LogP contribution is -2.50. The molecule has 2 heterocycles. The second-order valence-corrected chi connectivity index (χ2v) is 7.73. The molecule has 3 rings (SSSR count). The first kappa shape index (κ1) is 25.8. The molecular weight excluding hydrogens is 514 g/mol. The summed E-state index contributed by atoms with van der Waals surface area (Å²) in [4.78, 5) is 21.7. The van der Waals surface area contributed by atoms with Crippen molar-refractivity contribution >= 4 is 35.8 Å². The summed E-state index contributed by atoms with van der Waals surface area (Å²) in [5.41, 5.74) is 1.48. The summed E-state index contributed by atoms with van der Waals surface area (Å²) < 4.78 is 24.2. The van der Waals surface area contributed by atoms with Crippen molar-refractivity contribution in [2.45, 2.75) is 32.9 Å². The third-order valence-corrected chi connectivity index (χ3v) is 5.62. The van der Waals surface area contributed by atoms with E-state index in [1.807, 2.05) is 11.8 Å². The van der Waals surface area contributed by atoms with E-state index in [1.54, 1.807) is 19.2 Å². The molecule has 2 aliphatic heterocycles. The molecule has 0 aliphatic carbocycles. The molecule has 0 saturated carbocycles. The van der Waals surface area contributed by atoms with Crippen molar-refractivity contribution in [3.05, 3.63) is 35.1 Å². The van der Waals surface area contributed by atoms with E-state index in [9.17, 15) is 9.18 Å². The van der Waals surface area contributed by atoms with E-state index in [2.05, 4.69) is 10.2 Å². The molecule has 31 heavy (non-hydrogen) atoms. The molecule has 0 bridgehead atoms. The van der Waals surface area contributed by atoms with Crippen LogP contribution in [-0.2, 0) is 27.4 Å². The second-order valence-electron chi connectivity index (χ2n) is 7.73. The molecule has 0 spiro atoms. The van der Waals surface area contributed by atoms with Gasteiger partial charge in [-0.3, -0.25) is 4.79 Å². The van der Waals surface area contributed by atoms with Crippen LogP contribution in [0.4, 0.5) is 4.39 Å². The minimum atomic E-state index is -0.261. The standard InChI is InChI=1S/C22H33FN4O3.HI/c1-3-24-22(25-15-17-4-5-20(23)19(14-17)16-29-2)27-8-6-18(7-9-27)21(28)26-10-12-30-13-11-26;/h4-5,14,18H,3,6-13,15-16H2,1-2H3,(H,24,25);1H. The molecule has 0 aromatic heterocycles. The van der Waals surface area contributed by atoms with Crippen molar-refractivity contribution in [3.63, 3.8) is 0 Å². The zero-order chi connectivity index (χ0) is 21.3. The number of rotatable bonds is 6. The fourth-order valence-corrected chi connectivity index (χ4v) is 3.96. The Morgan fingerprint density at radius 2 is 1.94 bits per heavy atom.